The predicted molar refractivity (Wildman–Crippen MR) is 47.8 cm³/mol. The van der Waals surface area contributed by atoms with E-state index in [1.54, 1.807) is 12.5 Å². The first-order valence-corrected chi connectivity index (χ1v) is 4.10. The van der Waals surface area contributed by atoms with Crippen LogP contribution >= 0.6 is 0 Å². The number of carbonyl (C=O) groups is 1. The zero-order valence-corrected chi connectivity index (χ0v) is 7.53. The first-order valence-electron chi connectivity index (χ1n) is 4.10. The fourth-order valence-electron chi connectivity index (χ4n) is 1.10. The van der Waals surface area contributed by atoms with Gasteiger partial charge in [-0.3, -0.25) is 10.5 Å². The number of rotatable bonds is 4. The molecule has 1 aromatic rings. The maximum absolute atomic E-state index is 10.7. The molecule has 0 aliphatic heterocycles. The van der Waals surface area contributed by atoms with Crippen LogP contribution in [0.2, 0.25) is 0 Å². The third-order valence-corrected chi connectivity index (χ3v) is 1.64. The van der Waals surface area contributed by atoms with Crippen molar-refractivity contribution in [2.24, 2.45) is 0 Å². The summed E-state index contributed by atoms with van der Waals surface area (Å²) in [7, 11) is 0. The van der Waals surface area contributed by atoms with Gasteiger partial charge >= 0.3 is 0 Å². The third kappa shape index (κ3) is 3.25. The van der Waals surface area contributed by atoms with Crippen LogP contribution < -0.4 is 11.1 Å². The van der Waals surface area contributed by atoms with Gasteiger partial charge in [0.1, 0.15) is 0 Å². The summed E-state index contributed by atoms with van der Waals surface area (Å²) in [6, 6.07) is -0.133. The second kappa shape index (κ2) is 4.61. The lowest BCUT2D eigenvalue weighted by molar-refractivity contribution is -0.119. The maximum atomic E-state index is 10.7. The van der Waals surface area contributed by atoms with E-state index in [-0.39, 0.29) is 18.5 Å². The molecule has 0 aliphatic rings. The molecule has 5 heteroatoms. The highest BCUT2D eigenvalue weighted by molar-refractivity contribution is 5.73. The van der Waals surface area contributed by atoms with Crippen LogP contribution in [0.3, 0.4) is 0 Å². The van der Waals surface area contributed by atoms with Crippen LogP contribution in [-0.2, 0) is 11.3 Å². The number of amides is 1. The Morgan fingerprint density at radius 1 is 1.77 bits per heavy atom. The van der Waals surface area contributed by atoms with Crippen molar-refractivity contribution >= 4 is 5.91 Å². The quantitative estimate of drug-likeness (QED) is 0.691. The summed E-state index contributed by atoms with van der Waals surface area (Å²) < 4.78 is 1.84. The Balaban J connectivity index is 2.45. The zero-order chi connectivity index (χ0) is 9.68. The molecule has 1 rings (SSSR count). The molecule has 1 unspecified atom stereocenters. The molecule has 13 heavy (non-hydrogen) atoms. The van der Waals surface area contributed by atoms with Gasteiger partial charge in [-0.05, 0) is 0 Å². The second-order valence-corrected chi connectivity index (χ2v) is 2.86. The molecule has 71 valence electrons. The Bertz CT molecular complexity index is 257. The van der Waals surface area contributed by atoms with Crippen molar-refractivity contribution in [1.29, 1.82) is 0 Å². The van der Waals surface area contributed by atoms with E-state index in [0.29, 0.717) is 6.54 Å². The smallest absolute Gasteiger partial charge is 0.217 e. The van der Waals surface area contributed by atoms with Gasteiger partial charge in [-0.2, -0.15) is 0 Å². The number of nitrogens with one attached hydrogen (secondary N) is 2. The molecular formula is C8H13N4O. The van der Waals surface area contributed by atoms with E-state index in [9.17, 15) is 4.79 Å². The number of aromatic nitrogens is 2. The molecule has 1 radical (unpaired) electrons. The van der Waals surface area contributed by atoms with Crippen molar-refractivity contribution < 1.29 is 4.79 Å². The molecule has 5 nitrogen and oxygen atoms in total. The predicted octanol–water partition coefficient (Wildman–Crippen LogP) is -0.329. The lowest BCUT2D eigenvalue weighted by Gasteiger charge is -2.15. The first-order chi connectivity index (χ1) is 6.22. The Morgan fingerprint density at radius 2 is 2.54 bits per heavy atom. The molecule has 0 saturated carbocycles. The molecule has 0 fully saturated rings. The van der Waals surface area contributed by atoms with Crippen LogP contribution in [0.15, 0.2) is 18.7 Å². The standard InChI is InChI=1S/C8H13N4O/c1-7(13)11-8(4-9)5-12-3-2-10-6-12/h2-3,6,8-9H,4-5H2,1H3,(H,11,13). The minimum absolute atomic E-state index is 0.0997. The van der Waals surface area contributed by atoms with E-state index in [2.05, 4.69) is 10.3 Å². The number of carbonyl (C=O) groups excluding carboxylic acids is 1. The Morgan fingerprint density at radius 3 is 3.00 bits per heavy atom. The summed E-state index contributed by atoms with van der Waals surface area (Å²) in [5.74, 6) is -0.0997. The van der Waals surface area contributed by atoms with Gasteiger partial charge in [0.15, 0.2) is 0 Å². The summed E-state index contributed by atoms with van der Waals surface area (Å²) in [5, 5.41) is 2.69. The van der Waals surface area contributed by atoms with Crippen LogP contribution in [0.25, 0.3) is 0 Å². The molecule has 1 atom stereocenters. The van der Waals surface area contributed by atoms with Crippen LogP contribution in [0.4, 0.5) is 0 Å². The van der Waals surface area contributed by atoms with Crippen molar-refractivity contribution in [3.05, 3.63) is 18.7 Å². The van der Waals surface area contributed by atoms with E-state index in [4.69, 9.17) is 5.73 Å². The van der Waals surface area contributed by atoms with Gasteiger partial charge in [-0.25, -0.2) is 4.98 Å². The lowest BCUT2D eigenvalue weighted by atomic mass is 10.3. The molecule has 1 heterocycles. The van der Waals surface area contributed by atoms with Gasteiger partial charge in [0.05, 0.1) is 12.4 Å². The third-order valence-electron chi connectivity index (χ3n) is 1.64. The SMILES string of the molecule is CC(=O)NC(C[NH])Cn1ccnc1. The molecule has 2 N–H and O–H groups in total. The van der Waals surface area contributed by atoms with E-state index in [0.717, 1.165) is 0 Å². The highest BCUT2D eigenvalue weighted by Gasteiger charge is 2.07. The lowest BCUT2D eigenvalue weighted by Crippen LogP contribution is -2.39. The van der Waals surface area contributed by atoms with Crippen LogP contribution in [0.5, 0.6) is 0 Å². The van der Waals surface area contributed by atoms with Gasteiger partial charge in [0.25, 0.3) is 0 Å². The van der Waals surface area contributed by atoms with E-state index >= 15 is 0 Å². The van der Waals surface area contributed by atoms with Gasteiger partial charge in [-0.15, -0.1) is 0 Å². The van der Waals surface area contributed by atoms with E-state index in [1.165, 1.54) is 6.92 Å². The first kappa shape index (κ1) is 9.73. The number of hydrogen-bond donors (Lipinski definition) is 1. The number of imidazole rings is 1. The fourth-order valence-corrected chi connectivity index (χ4v) is 1.10. The van der Waals surface area contributed by atoms with E-state index < -0.39 is 0 Å². The summed E-state index contributed by atoms with van der Waals surface area (Å²) in [6.45, 7) is 2.23. The summed E-state index contributed by atoms with van der Waals surface area (Å²) >= 11 is 0. The molecular weight excluding hydrogens is 168 g/mol. The molecule has 0 saturated heterocycles. The monoisotopic (exact) mass is 181 g/mol. The highest BCUT2D eigenvalue weighted by atomic mass is 16.1. The van der Waals surface area contributed by atoms with Crippen molar-refractivity contribution in [3.8, 4) is 0 Å². The molecule has 0 aromatic carbocycles. The average Bonchev–Trinajstić information content (AvgIpc) is 2.55. The van der Waals surface area contributed by atoms with Gasteiger partial charge in [0, 0.05) is 32.4 Å². The Labute approximate surface area is 76.9 Å². The van der Waals surface area contributed by atoms with Crippen molar-refractivity contribution in [1.82, 2.24) is 20.6 Å². The molecule has 0 bridgehead atoms. The van der Waals surface area contributed by atoms with Crippen LogP contribution in [0.1, 0.15) is 6.92 Å². The minimum atomic E-state index is -0.133. The molecule has 0 spiro atoms. The largest absolute Gasteiger partial charge is 0.350 e. The highest BCUT2D eigenvalue weighted by Crippen LogP contribution is 1.91. The fraction of sp³-hybridized carbons (Fsp3) is 0.500. The number of hydrogen-bond acceptors (Lipinski definition) is 2. The Hall–Kier alpha value is -1.36. The van der Waals surface area contributed by atoms with Gasteiger partial charge < -0.3 is 9.88 Å². The van der Waals surface area contributed by atoms with Gasteiger partial charge in [-0.1, -0.05) is 0 Å². The van der Waals surface area contributed by atoms with Gasteiger partial charge in [0.2, 0.25) is 5.91 Å². The second-order valence-electron chi connectivity index (χ2n) is 2.86. The molecule has 0 aliphatic carbocycles. The minimum Gasteiger partial charge on any atom is -0.350 e. The topological polar surface area (TPSA) is 70.7 Å². The summed E-state index contributed by atoms with van der Waals surface area (Å²) in [5.41, 5.74) is 7.21. The Kier molecular flexibility index (Phi) is 3.45. The molecule has 1 aromatic heterocycles. The van der Waals surface area contributed by atoms with E-state index in [1.807, 2.05) is 10.8 Å². The van der Waals surface area contributed by atoms with Crippen molar-refractivity contribution in [2.45, 2.75) is 19.5 Å². The summed E-state index contributed by atoms with van der Waals surface area (Å²) in [6.07, 6.45) is 5.16. The molecule has 1 amide bonds. The van der Waals surface area contributed by atoms with Crippen LogP contribution in [-0.4, -0.2) is 28.0 Å². The van der Waals surface area contributed by atoms with Crippen molar-refractivity contribution in [3.63, 3.8) is 0 Å². The average molecular weight is 181 g/mol. The summed E-state index contributed by atoms with van der Waals surface area (Å²) in [4.78, 5) is 14.6. The normalized spacial score (nSPS) is 12.5. The zero-order valence-electron chi connectivity index (χ0n) is 7.53. The van der Waals surface area contributed by atoms with Crippen LogP contribution in [0, 0.1) is 0 Å². The van der Waals surface area contributed by atoms with Crippen molar-refractivity contribution in [2.75, 3.05) is 6.54 Å². The maximum Gasteiger partial charge on any atom is 0.217 e. The number of nitrogens with zero attached hydrogens (tertiary/aromatic N) is 2.